The molecule has 27 heavy (non-hydrogen) atoms. The summed E-state index contributed by atoms with van der Waals surface area (Å²) in [5.41, 5.74) is 3.18. The monoisotopic (exact) mass is 463 g/mol. The van der Waals surface area contributed by atoms with Gasteiger partial charge in [0.05, 0.1) is 20.4 Å². The second-order valence-electron chi connectivity index (χ2n) is 6.14. The number of allylic oxidation sites excluding steroid dienone is 2. The Morgan fingerprint density at radius 1 is 1.26 bits per heavy atom. The van der Waals surface area contributed by atoms with E-state index >= 15 is 0 Å². The van der Waals surface area contributed by atoms with Crippen molar-refractivity contribution in [2.45, 2.75) is 45.6 Å². The van der Waals surface area contributed by atoms with Crippen molar-refractivity contribution < 1.29 is 0 Å². The van der Waals surface area contributed by atoms with Gasteiger partial charge in [-0.1, -0.05) is 37.6 Å². The summed E-state index contributed by atoms with van der Waals surface area (Å²) in [6.45, 7) is 4.73. The van der Waals surface area contributed by atoms with Crippen LogP contribution in [0.4, 0.5) is 5.69 Å². The fraction of sp³-hybridized carbons (Fsp3) is 0.333. The number of anilines is 1. The molecule has 0 amide bonds. The van der Waals surface area contributed by atoms with Crippen LogP contribution in [0.5, 0.6) is 0 Å². The van der Waals surface area contributed by atoms with Gasteiger partial charge in [0.2, 0.25) is 0 Å². The maximum Gasteiger partial charge on any atom is 0.131 e. The molecule has 0 radical (unpaired) electrons. The molecule has 1 unspecified atom stereocenters. The zero-order chi connectivity index (χ0) is 19.2. The SMILES string of the molecule is CC.Clc1cc(NCc2ccncc2)c2sc(C3CC=CCC3)c(Br)c2n1. The minimum absolute atomic E-state index is 0.512. The van der Waals surface area contributed by atoms with E-state index in [1.165, 1.54) is 16.9 Å². The van der Waals surface area contributed by atoms with E-state index in [0.29, 0.717) is 11.1 Å². The smallest absolute Gasteiger partial charge is 0.131 e. The average molecular weight is 465 g/mol. The second-order valence-corrected chi connectivity index (χ2v) is 8.37. The molecule has 0 spiro atoms. The van der Waals surface area contributed by atoms with Crippen molar-refractivity contribution in [1.29, 1.82) is 0 Å². The highest BCUT2D eigenvalue weighted by atomic mass is 79.9. The number of pyridine rings is 2. The van der Waals surface area contributed by atoms with Crippen LogP contribution in [0, 0.1) is 0 Å². The van der Waals surface area contributed by atoms with Crippen molar-refractivity contribution in [3.05, 3.63) is 62.8 Å². The van der Waals surface area contributed by atoms with Crippen LogP contribution in [0.2, 0.25) is 5.15 Å². The lowest BCUT2D eigenvalue weighted by Crippen LogP contribution is -2.00. The molecule has 0 aromatic carbocycles. The summed E-state index contributed by atoms with van der Waals surface area (Å²) in [7, 11) is 0. The van der Waals surface area contributed by atoms with Gasteiger partial charge in [-0.05, 0) is 58.8 Å². The third-order valence-corrected chi connectivity index (χ3v) is 7.08. The first-order valence-corrected chi connectivity index (χ1v) is 11.3. The van der Waals surface area contributed by atoms with Crippen LogP contribution in [-0.4, -0.2) is 9.97 Å². The lowest BCUT2D eigenvalue weighted by molar-refractivity contribution is 0.625. The molecule has 0 saturated heterocycles. The minimum atomic E-state index is 0.512. The van der Waals surface area contributed by atoms with Crippen molar-refractivity contribution in [2.75, 3.05) is 5.32 Å². The van der Waals surface area contributed by atoms with Gasteiger partial charge >= 0.3 is 0 Å². The number of rotatable bonds is 4. The van der Waals surface area contributed by atoms with Crippen molar-refractivity contribution in [2.24, 2.45) is 0 Å². The summed E-state index contributed by atoms with van der Waals surface area (Å²) < 4.78 is 2.26. The number of hydrogen-bond acceptors (Lipinski definition) is 4. The normalized spacial score (nSPS) is 16.1. The Hall–Kier alpha value is -1.43. The van der Waals surface area contributed by atoms with Gasteiger partial charge in [-0.2, -0.15) is 0 Å². The van der Waals surface area contributed by atoms with Gasteiger partial charge in [0.15, 0.2) is 0 Å². The van der Waals surface area contributed by atoms with Gasteiger partial charge in [0.25, 0.3) is 0 Å². The Morgan fingerprint density at radius 2 is 2.04 bits per heavy atom. The number of nitrogens with zero attached hydrogens (tertiary/aromatic N) is 2. The molecule has 0 saturated carbocycles. The van der Waals surface area contributed by atoms with Crippen LogP contribution >= 0.6 is 38.9 Å². The van der Waals surface area contributed by atoms with Gasteiger partial charge in [-0.25, -0.2) is 4.98 Å². The summed E-state index contributed by atoms with van der Waals surface area (Å²) in [5, 5.41) is 4.02. The van der Waals surface area contributed by atoms with Crippen LogP contribution in [0.25, 0.3) is 10.2 Å². The van der Waals surface area contributed by atoms with Crippen LogP contribution < -0.4 is 5.32 Å². The van der Waals surface area contributed by atoms with Gasteiger partial charge in [0.1, 0.15) is 5.15 Å². The Morgan fingerprint density at radius 3 is 2.74 bits per heavy atom. The Kier molecular flexibility index (Phi) is 7.27. The fourth-order valence-electron chi connectivity index (χ4n) is 3.15. The molecule has 0 fully saturated rings. The highest BCUT2D eigenvalue weighted by Crippen LogP contribution is 2.45. The lowest BCUT2D eigenvalue weighted by Gasteiger charge is -2.16. The predicted molar refractivity (Wildman–Crippen MR) is 121 cm³/mol. The van der Waals surface area contributed by atoms with Crippen LogP contribution in [0.1, 0.15) is 49.5 Å². The topological polar surface area (TPSA) is 37.8 Å². The minimum Gasteiger partial charge on any atom is -0.380 e. The number of nitrogens with one attached hydrogen (secondary N) is 1. The zero-order valence-electron chi connectivity index (χ0n) is 15.5. The second kappa shape index (κ2) is 9.67. The van der Waals surface area contributed by atoms with E-state index in [-0.39, 0.29) is 0 Å². The van der Waals surface area contributed by atoms with E-state index in [0.717, 1.165) is 39.8 Å². The first kappa shape index (κ1) is 20.3. The van der Waals surface area contributed by atoms with Crippen molar-refractivity contribution in [3.8, 4) is 0 Å². The van der Waals surface area contributed by atoms with E-state index < -0.39 is 0 Å². The number of hydrogen-bond donors (Lipinski definition) is 1. The van der Waals surface area contributed by atoms with E-state index in [2.05, 4.69) is 43.4 Å². The molecule has 3 aromatic rings. The summed E-state index contributed by atoms with van der Waals surface area (Å²) >= 11 is 11.9. The quantitative estimate of drug-likeness (QED) is 0.319. The van der Waals surface area contributed by atoms with Crippen LogP contribution in [-0.2, 0) is 6.54 Å². The fourth-order valence-corrected chi connectivity index (χ4v) is 5.60. The molecular weight excluding hydrogens is 442 g/mol. The Bertz CT molecular complexity index is 924. The van der Waals surface area contributed by atoms with Crippen LogP contribution in [0.15, 0.2) is 47.2 Å². The highest BCUT2D eigenvalue weighted by Gasteiger charge is 2.22. The molecule has 3 heterocycles. The molecule has 0 aliphatic heterocycles. The first-order chi connectivity index (χ1) is 13.2. The highest BCUT2D eigenvalue weighted by molar-refractivity contribution is 9.10. The van der Waals surface area contributed by atoms with Gasteiger partial charge in [-0.15, -0.1) is 11.3 Å². The van der Waals surface area contributed by atoms with Gasteiger partial charge in [-0.3, -0.25) is 4.98 Å². The van der Waals surface area contributed by atoms with Crippen LogP contribution in [0.3, 0.4) is 0 Å². The van der Waals surface area contributed by atoms with Gasteiger partial charge < -0.3 is 5.32 Å². The van der Waals surface area contributed by atoms with E-state index in [4.69, 9.17) is 11.6 Å². The molecule has 6 heteroatoms. The van der Waals surface area contributed by atoms with Gasteiger partial charge in [0, 0.05) is 29.9 Å². The summed E-state index contributed by atoms with van der Waals surface area (Å²) in [5.74, 6) is 0.561. The molecule has 3 aromatic heterocycles. The third kappa shape index (κ3) is 4.71. The molecule has 3 nitrogen and oxygen atoms in total. The molecule has 4 rings (SSSR count). The molecule has 1 atom stereocenters. The standard InChI is InChI=1S/C19H17BrClN3S.C2H6/c20-16-17-19(25-18(16)13-4-2-1-3-5-13)14(10-15(21)24-17)23-11-12-6-8-22-9-7-12;1-2/h1-2,6-10,13H,3-5,11H2,(H,23,24);1-2H3. The lowest BCUT2D eigenvalue weighted by atomic mass is 9.93. The first-order valence-electron chi connectivity index (χ1n) is 9.28. The zero-order valence-corrected chi connectivity index (χ0v) is 18.7. The molecular formula is C21H23BrClN3S. The van der Waals surface area contributed by atoms with Crippen molar-refractivity contribution in [3.63, 3.8) is 0 Å². The third-order valence-electron chi connectivity index (χ3n) is 4.45. The number of aromatic nitrogens is 2. The molecule has 142 valence electrons. The molecule has 1 aliphatic carbocycles. The Labute approximate surface area is 178 Å². The summed E-state index contributed by atoms with van der Waals surface area (Å²) in [6.07, 6.45) is 11.6. The molecule has 0 bridgehead atoms. The summed E-state index contributed by atoms with van der Waals surface area (Å²) in [6, 6.07) is 5.94. The predicted octanol–water partition coefficient (Wildman–Crippen LogP) is 7.57. The summed E-state index contributed by atoms with van der Waals surface area (Å²) in [4.78, 5) is 10.0. The van der Waals surface area contributed by atoms with Crippen molar-refractivity contribution >= 4 is 54.8 Å². The molecule has 1 N–H and O–H groups in total. The number of fused-ring (bicyclic) bond motifs is 1. The largest absolute Gasteiger partial charge is 0.380 e. The maximum atomic E-state index is 6.28. The average Bonchev–Trinajstić information content (AvgIpc) is 3.06. The van der Waals surface area contributed by atoms with E-state index in [1.54, 1.807) is 0 Å². The molecule has 1 aliphatic rings. The maximum absolute atomic E-state index is 6.28. The number of halogens is 2. The Balaban J connectivity index is 0.00000102. The van der Waals surface area contributed by atoms with E-state index in [9.17, 15) is 0 Å². The van der Waals surface area contributed by atoms with Crippen molar-refractivity contribution in [1.82, 2.24) is 9.97 Å². The number of thiophene rings is 1. The van der Waals surface area contributed by atoms with E-state index in [1.807, 2.05) is 55.8 Å².